The molecule has 1 aliphatic rings. The third kappa shape index (κ3) is 4.28. The molecule has 1 aliphatic heterocycles. The molecule has 27 heavy (non-hydrogen) atoms. The largest absolute Gasteiger partial charge is 0.373 e. The van der Waals surface area contributed by atoms with E-state index >= 15 is 0 Å². The molecule has 0 bridgehead atoms. The average Bonchev–Trinajstić information content (AvgIpc) is 3.10. The number of hydrogen-bond donors (Lipinski definition) is 1. The molecule has 0 saturated heterocycles. The molecule has 5 nitrogen and oxygen atoms in total. The molecule has 1 aromatic heterocycles. The first-order chi connectivity index (χ1) is 13.2. The molecule has 4 rings (SSSR count). The number of nitrogens with zero attached hydrogens (tertiary/aromatic N) is 2. The zero-order chi connectivity index (χ0) is 18.6. The van der Waals surface area contributed by atoms with Crippen molar-refractivity contribution in [1.29, 1.82) is 0 Å². The average molecular weight is 426 g/mol. The number of ether oxygens (including phenoxy) is 1. The van der Waals surface area contributed by atoms with E-state index in [1.165, 1.54) is 5.56 Å². The van der Waals surface area contributed by atoms with Gasteiger partial charge in [-0.05, 0) is 35.2 Å². The number of amides is 1. The molecule has 0 fully saturated rings. The van der Waals surface area contributed by atoms with Gasteiger partial charge in [-0.15, -0.1) is 0 Å². The van der Waals surface area contributed by atoms with Crippen molar-refractivity contribution in [2.75, 3.05) is 11.9 Å². The minimum Gasteiger partial charge on any atom is -0.373 e. The summed E-state index contributed by atoms with van der Waals surface area (Å²) >= 11 is 3.44. The van der Waals surface area contributed by atoms with Crippen LogP contribution < -0.4 is 5.32 Å². The van der Waals surface area contributed by atoms with E-state index in [9.17, 15) is 4.79 Å². The number of fused-ring (bicyclic) bond motifs is 1. The minimum atomic E-state index is -0.196. The summed E-state index contributed by atoms with van der Waals surface area (Å²) in [6.07, 6.45) is 2.69. The lowest BCUT2D eigenvalue weighted by Crippen LogP contribution is -2.23. The number of halogens is 1. The van der Waals surface area contributed by atoms with E-state index < -0.39 is 0 Å². The molecule has 0 spiro atoms. The van der Waals surface area contributed by atoms with Crippen molar-refractivity contribution in [3.05, 3.63) is 82.0 Å². The third-order valence-corrected chi connectivity index (χ3v) is 5.22. The van der Waals surface area contributed by atoms with Gasteiger partial charge in [-0.3, -0.25) is 4.79 Å². The molecule has 2 heterocycles. The lowest BCUT2D eigenvalue weighted by molar-refractivity contribution is -0.119. The molecule has 1 amide bonds. The fourth-order valence-corrected chi connectivity index (χ4v) is 3.60. The van der Waals surface area contributed by atoms with Gasteiger partial charge in [-0.25, -0.2) is 4.68 Å². The van der Waals surface area contributed by atoms with Gasteiger partial charge in [-0.1, -0.05) is 52.3 Å². The highest BCUT2D eigenvalue weighted by Gasteiger charge is 2.23. The van der Waals surface area contributed by atoms with E-state index in [0.717, 1.165) is 22.0 Å². The van der Waals surface area contributed by atoms with E-state index in [1.54, 1.807) is 10.9 Å². The monoisotopic (exact) mass is 425 g/mol. The molecule has 0 radical (unpaired) electrons. The van der Waals surface area contributed by atoms with E-state index in [4.69, 9.17) is 4.74 Å². The van der Waals surface area contributed by atoms with Gasteiger partial charge in [0.05, 0.1) is 31.9 Å². The molecule has 6 heteroatoms. The van der Waals surface area contributed by atoms with Gasteiger partial charge in [0, 0.05) is 10.5 Å². The van der Waals surface area contributed by atoms with Crippen LogP contribution in [0.3, 0.4) is 0 Å². The Balaban J connectivity index is 1.42. The first-order valence-electron chi connectivity index (χ1n) is 8.94. The predicted molar refractivity (Wildman–Crippen MR) is 108 cm³/mol. The van der Waals surface area contributed by atoms with Crippen molar-refractivity contribution < 1.29 is 9.53 Å². The molecular formula is C21H20BrN3O2. The Kier molecular flexibility index (Phi) is 5.36. The number of carbonyl (C=O) groups excluding carboxylic acids is 1. The zero-order valence-electron chi connectivity index (χ0n) is 14.8. The highest BCUT2D eigenvalue weighted by atomic mass is 79.9. The Bertz CT molecular complexity index is 937. The van der Waals surface area contributed by atoms with Crippen LogP contribution in [0.1, 0.15) is 29.2 Å². The second-order valence-electron chi connectivity index (χ2n) is 6.56. The van der Waals surface area contributed by atoms with Crippen LogP contribution in [0.15, 0.2) is 65.3 Å². The zero-order valence-corrected chi connectivity index (χ0v) is 16.4. The molecule has 138 valence electrons. The summed E-state index contributed by atoms with van der Waals surface area (Å²) in [4.78, 5) is 12.6. The van der Waals surface area contributed by atoms with Gasteiger partial charge in [0.1, 0.15) is 5.82 Å². The number of anilines is 1. The molecule has 0 saturated carbocycles. The maximum Gasteiger partial charge on any atom is 0.228 e. The van der Waals surface area contributed by atoms with Crippen LogP contribution in [0.25, 0.3) is 0 Å². The maximum absolute atomic E-state index is 12.6. The molecular weight excluding hydrogens is 406 g/mol. The molecule has 3 aromatic rings. The van der Waals surface area contributed by atoms with E-state index in [1.807, 2.05) is 48.5 Å². The van der Waals surface area contributed by atoms with Crippen molar-refractivity contribution >= 4 is 27.7 Å². The quantitative estimate of drug-likeness (QED) is 0.661. The molecule has 1 atom stereocenters. The van der Waals surface area contributed by atoms with Gasteiger partial charge in [0.15, 0.2) is 0 Å². The topological polar surface area (TPSA) is 56.1 Å². The number of nitrogens with one attached hydrogen (secondary N) is 1. The Labute approximate surface area is 166 Å². The van der Waals surface area contributed by atoms with Crippen LogP contribution in [0, 0.1) is 0 Å². The predicted octanol–water partition coefficient (Wildman–Crippen LogP) is 4.34. The smallest absolute Gasteiger partial charge is 0.228 e. The molecule has 1 N–H and O–H groups in total. The summed E-state index contributed by atoms with van der Waals surface area (Å²) in [5.41, 5.74) is 3.49. The van der Waals surface area contributed by atoms with E-state index in [-0.39, 0.29) is 12.0 Å². The number of hydrogen-bond acceptors (Lipinski definition) is 3. The normalized spacial score (nSPS) is 16.0. The summed E-state index contributed by atoms with van der Waals surface area (Å²) in [5, 5.41) is 7.30. The standard InChI is InChI=1S/C21H20BrN3O2/c22-17-7-5-15(6-8-17)14-25-20(9-11-23-25)24-21(26)13-19-18-4-2-1-3-16(18)10-12-27-19/h1-9,11,19H,10,12-14H2,(H,24,26). The van der Waals surface area contributed by atoms with Crippen LogP contribution in [0.4, 0.5) is 5.82 Å². The lowest BCUT2D eigenvalue weighted by Gasteiger charge is -2.25. The molecule has 1 unspecified atom stereocenters. The van der Waals surface area contributed by atoms with Crippen molar-refractivity contribution in [2.45, 2.75) is 25.5 Å². The van der Waals surface area contributed by atoms with Crippen molar-refractivity contribution in [3.63, 3.8) is 0 Å². The van der Waals surface area contributed by atoms with Gasteiger partial charge < -0.3 is 10.1 Å². The van der Waals surface area contributed by atoms with E-state index in [2.05, 4.69) is 32.4 Å². The Hall–Kier alpha value is -2.44. The first kappa shape index (κ1) is 17.9. The summed E-state index contributed by atoms with van der Waals surface area (Å²) in [5.74, 6) is 0.612. The minimum absolute atomic E-state index is 0.0748. The van der Waals surface area contributed by atoms with Crippen molar-refractivity contribution in [2.24, 2.45) is 0 Å². The van der Waals surface area contributed by atoms with E-state index in [0.29, 0.717) is 25.4 Å². The Morgan fingerprint density at radius 2 is 2.00 bits per heavy atom. The number of rotatable bonds is 5. The fourth-order valence-electron chi connectivity index (χ4n) is 3.34. The maximum atomic E-state index is 12.6. The highest BCUT2D eigenvalue weighted by molar-refractivity contribution is 9.10. The summed E-state index contributed by atoms with van der Waals surface area (Å²) in [7, 11) is 0. The van der Waals surface area contributed by atoms with Crippen LogP contribution in [-0.4, -0.2) is 22.3 Å². The second kappa shape index (κ2) is 8.06. The van der Waals surface area contributed by atoms with Gasteiger partial charge in [-0.2, -0.15) is 5.10 Å². The number of aromatic nitrogens is 2. The second-order valence-corrected chi connectivity index (χ2v) is 7.48. The summed E-state index contributed by atoms with van der Waals surface area (Å²) < 4.78 is 8.67. The lowest BCUT2D eigenvalue weighted by atomic mass is 9.96. The summed E-state index contributed by atoms with van der Waals surface area (Å²) in [6.45, 7) is 1.25. The number of carbonyl (C=O) groups is 1. The van der Waals surface area contributed by atoms with Crippen LogP contribution in [-0.2, 0) is 22.5 Å². The molecule has 2 aromatic carbocycles. The first-order valence-corrected chi connectivity index (χ1v) is 9.74. The van der Waals surface area contributed by atoms with Gasteiger partial charge in [0.25, 0.3) is 0 Å². The summed E-state index contributed by atoms with van der Waals surface area (Å²) in [6, 6.07) is 18.0. The molecule has 0 aliphatic carbocycles. The van der Waals surface area contributed by atoms with Gasteiger partial charge >= 0.3 is 0 Å². The van der Waals surface area contributed by atoms with Gasteiger partial charge in [0.2, 0.25) is 5.91 Å². The highest BCUT2D eigenvalue weighted by Crippen LogP contribution is 2.29. The van der Waals surface area contributed by atoms with Crippen molar-refractivity contribution in [1.82, 2.24) is 9.78 Å². The Morgan fingerprint density at radius 3 is 2.85 bits per heavy atom. The van der Waals surface area contributed by atoms with Crippen LogP contribution >= 0.6 is 15.9 Å². The Morgan fingerprint density at radius 1 is 1.19 bits per heavy atom. The third-order valence-electron chi connectivity index (χ3n) is 4.69. The van der Waals surface area contributed by atoms with Crippen LogP contribution in [0.2, 0.25) is 0 Å². The fraction of sp³-hybridized carbons (Fsp3) is 0.238. The van der Waals surface area contributed by atoms with Crippen molar-refractivity contribution in [3.8, 4) is 0 Å². The SMILES string of the molecule is O=C(CC1OCCc2ccccc21)Nc1ccnn1Cc1ccc(Br)cc1. The number of benzene rings is 2. The van der Waals surface area contributed by atoms with Crippen LogP contribution in [0.5, 0.6) is 0 Å².